The van der Waals surface area contributed by atoms with Gasteiger partial charge in [-0.25, -0.2) is 0 Å². The summed E-state index contributed by atoms with van der Waals surface area (Å²) in [6.07, 6.45) is 5.80. The van der Waals surface area contributed by atoms with E-state index in [0.29, 0.717) is 13.2 Å². The molecule has 1 amide bonds. The quantitative estimate of drug-likeness (QED) is 0.688. The van der Waals surface area contributed by atoms with Crippen LogP contribution in [0.1, 0.15) is 44.6 Å². The minimum Gasteiger partial charge on any atom is -0.385 e. The zero-order valence-electron chi connectivity index (χ0n) is 14.4. The second-order valence-corrected chi connectivity index (χ2v) is 6.59. The van der Waals surface area contributed by atoms with Gasteiger partial charge in [0.05, 0.1) is 6.04 Å². The van der Waals surface area contributed by atoms with Gasteiger partial charge in [-0.1, -0.05) is 43.2 Å². The van der Waals surface area contributed by atoms with Crippen molar-refractivity contribution >= 4 is 5.91 Å². The molecule has 0 saturated heterocycles. The number of hydrogen-bond acceptors (Lipinski definition) is 3. The van der Waals surface area contributed by atoms with Crippen molar-refractivity contribution < 1.29 is 9.53 Å². The molecule has 1 aliphatic carbocycles. The van der Waals surface area contributed by atoms with E-state index in [2.05, 4.69) is 41.0 Å². The lowest BCUT2D eigenvalue weighted by atomic mass is 9.78. The predicted molar refractivity (Wildman–Crippen MR) is 93.6 cm³/mol. The number of carbonyl (C=O) groups is 1. The Labute approximate surface area is 140 Å². The first-order valence-electron chi connectivity index (χ1n) is 8.73. The topological polar surface area (TPSA) is 50.4 Å². The summed E-state index contributed by atoms with van der Waals surface area (Å²) >= 11 is 0. The maximum Gasteiger partial charge on any atom is 0.236 e. The molecule has 1 aliphatic rings. The average molecular weight is 318 g/mol. The fourth-order valence-electron chi connectivity index (χ4n) is 3.43. The van der Waals surface area contributed by atoms with Crippen molar-refractivity contribution in [2.75, 3.05) is 26.8 Å². The molecule has 0 heterocycles. The molecule has 0 radical (unpaired) electrons. The van der Waals surface area contributed by atoms with Gasteiger partial charge in [0.25, 0.3) is 0 Å². The SMILES string of the molecule is COCCCNC(=O)C(C)NCC1(c2ccccc2)CCCC1. The van der Waals surface area contributed by atoms with Crippen LogP contribution in [0.15, 0.2) is 30.3 Å². The molecule has 1 fully saturated rings. The first kappa shape index (κ1) is 18.0. The van der Waals surface area contributed by atoms with Gasteiger partial charge < -0.3 is 15.4 Å². The van der Waals surface area contributed by atoms with Crippen molar-refractivity contribution in [1.82, 2.24) is 10.6 Å². The standard InChI is InChI=1S/C19H30N2O2/c1-16(18(22)20-13-8-14-23-2)21-15-19(11-6-7-12-19)17-9-4-3-5-10-17/h3-5,9-10,16,21H,6-8,11-15H2,1-2H3,(H,20,22). The first-order valence-corrected chi connectivity index (χ1v) is 8.73. The molecular formula is C19H30N2O2. The Morgan fingerprint density at radius 3 is 2.61 bits per heavy atom. The molecule has 4 nitrogen and oxygen atoms in total. The van der Waals surface area contributed by atoms with Gasteiger partial charge in [-0.05, 0) is 31.7 Å². The van der Waals surface area contributed by atoms with Gasteiger partial charge in [-0.2, -0.15) is 0 Å². The second kappa shape index (κ2) is 9.04. The van der Waals surface area contributed by atoms with E-state index in [0.717, 1.165) is 13.0 Å². The van der Waals surface area contributed by atoms with Crippen molar-refractivity contribution in [2.24, 2.45) is 0 Å². The zero-order chi connectivity index (χ0) is 16.5. The van der Waals surface area contributed by atoms with E-state index in [1.165, 1.54) is 31.2 Å². The molecule has 128 valence electrons. The van der Waals surface area contributed by atoms with E-state index in [-0.39, 0.29) is 17.4 Å². The maximum atomic E-state index is 12.1. The normalized spacial score (nSPS) is 17.8. The Morgan fingerprint density at radius 2 is 1.96 bits per heavy atom. The summed E-state index contributed by atoms with van der Waals surface area (Å²) in [7, 11) is 1.68. The van der Waals surface area contributed by atoms with Crippen LogP contribution in [-0.4, -0.2) is 38.8 Å². The molecule has 1 saturated carbocycles. The van der Waals surface area contributed by atoms with Crippen LogP contribution in [-0.2, 0) is 14.9 Å². The monoisotopic (exact) mass is 318 g/mol. The summed E-state index contributed by atoms with van der Waals surface area (Å²) in [5.41, 5.74) is 1.59. The number of methoxy groups -OCH3 is 1. The average Bonchev–Trinajstić information content (AvgIpc) is 3.07. The van der Waals surface area contributed by atoms with E-state index in [9.17, 15) is 4.79 Å². The van der Waals surface area contributed by atoms with E-state index >= 15 is 0 Å². The summed E-state index contributed by atoms with van der Waals surface area (Å²) in [5.74, 6) is 0.0716. The first-order chi connectivity index (χ1) is 11.2. The maximum absolute atomic E-state index is 12.1. The number of benzene rings is 1. The van der Waals surface area contributed by atoms with Crippen LogP contribution in [0.2, 0.25) is 0 Å². The second-order valence-electron chi connectivity index (χ2n) is 6.59. The lowest BCUT2D eigenvalue weighted by Gasteiger charge is -2.31. The molecule has 1 aromatic rings. The van der Waals surface area contributed by atoms with Gasteiger partial charge in [-0.3, -0.25) is 4.79 Å². The smallest absolute Gasteiger partial charge is 0.236 e. The van der Waals surface area contributed by atoms with Crippen LogP contribution in [0.3, 0.4) is 0 Å². The molecule has 2 N–H and O–H groups in total. The summed E-state index contributed by atoms with van der Waals surface area (Å²) in [4.78, 5) is 12.1. The fourth-order valence-corrected chi connectivity index (χ4v) is 3.43. The predicted octanol–water partition coefficient (Wildman–Crippen LogP) is 2.63. The number of rotatable bonds is 9. The highest BCUT2D eigenvalue weighted by Crippen LogP contribution is 2.40. The fraction of sp³-hybridized carbons (Fsp3) is 0.632. The van der Waals surface area contributed by atoms with E-state index in [4.69, 9.17) is 4.74 Å². The Kier molecular flexibility index (Phi) is 7.06. The van der Waals surface area contributed by atoms with Crippen molar-refractivity contribution in [2.45, 2.75) is 50.5 Å². The Balaban J connectivity index is 1.86. The summed E-state index contributed by atoms with van der Waals surface area (Å²) in [5, 5.41) is 6.42. The van der Waals surface area contributed by atoms with E-state index < -0.39 is 0 Å². The van der Waals surface area contributed by atoms with Gasteiger partial charge in [0.1, 0.15) is 0 Å². The number of amides is 1. The largest absolute Gasteiger partial charge is 0.385 e. The van der Waals surface area contributed by atoms with E-state index in [1.54, 1.807) is 7.11 Å². The molecule has 2 rings (SSSR count). The molecular weight excluding hydrogens is 288 g/mol. The highest BCUT2D eigenvalue weighted by molar-refractivity contribution is 5.81. The zero-order valence-corrected chi connectivity index (χ0v) is 14.4. The van der Waals surface area contributed by atoms with Crippen LogP contribution < -0.4 is 10.6 Å². The molecule has 0 aliphatic heterocycles. The van der Waals surface area contributed by atoms with Crippen LogP contribution in [0.5, 0.6) is 0 Å². The molecule has 1 aromatic carbocycles. The molecule has 23 heavy (non-hydrogen) atoms. The lowest BCUT2D eigenvalue weighted by molar-refractivity contribution is -0.122. The van der Waals surface area contributed by atoms with Crippen LogP contribution in [0.25, 0.3) is 0 Å². The molecule has 0 bridgehead atoms. The third kappa shape index (κ3) is 5.05. The highest BCUT2D eigenvalue weighted by atomic mass is 16.5. The van der Waals surface area contributed by atoms with Crippen LogP contribution in [0.4, 0.5) is 0 Å². The molecule has 0 spiro atoms. The molecule has 4 heteroatoms. The van der Waals surface area contributed by atoms with Crippen LogP contribution in [0, 0.1) is 0 Å². The van der Waals surface area contributed by atoms with Crippen molar-refractivity contribution in [3.8, 4) is 0 Å². The minimum absolute atomic E-state index is 0.0716. The van der Waals surface area contributed by atoms with Crippen molar-refractivity contribution in [3.05, 3.63) is 35.9 Å². The Morgan fingerprint density at radius 1 is 1.26 bits per heavy atom. The summed E-state index contributed by atoms with van der Waals surface area (Å²) < 4.78 is 4.99. The molecule has 1 atom stereocenters. The number of hydrogen-bond donors (Lipinski definition) is 2. The number of ether oxygens (including phenoxy) is 1. The highest BCUT2D eigenvalue weighted by Gasteiger charge is 2.35. The van der Waals surface area contributed by atoms with Crippen molar-refractivity contribution in [3.63, 3.8) is 0 Å². The van der Waals surface area contributed by atoms with Gasteiger partial charge >= 0.3 is 0 Å². The third-order valence-corrected chi connectivity index (χ3v) is 4.91. The van der Waals surface area contributed by atoms with E-state index in [1.807, 2.05) is 6.92 Å². The number of nitrogens with one attached hydrogen (secondary N) is 2. The van der Waals surface area contributed by atoms with Gasteiger partial charge in [0.2, 0.25) is 5.91 Å². The summed E-state index contributed by atoms with van der Waals surface area (Å²) in [6.45, 7) is 4.16. The van der Waals surface area contributed by atoms with Crippen molar-refractivity contribution in [1.29, 1.82) is 0 Å². The van der Waals surface area contributed by atoms with Gasteiger partial charge in [-0.15, -0.1) is 0 Å². The number of carbonyl (C=O) groups excluding carboxylic acids is 1. The van der Waals surface area contributed by atoms with Gasteiger partial charge in [0.15, 0.2) is 0 Å². The lowest BCUT2D eigenvalue weighted by Crippen LogP contribution is -2.47. The Hall–Kier alpha value is -1.39. The Bertz CT molecular complexity index is 470. The van der Waals surface area contributed by atoms with Crippen LogP contribution >= 0.6 is 0 Å². The molecule has 1 unspecified atom stereocenters. The minimum atomic E-state index is -0.168. The molecule has 0 aromatic heterocycles. The summed E-state index contributed by atoms with van der Waals surface area (Å²) in [6, 6.07) is 10.6. The van der Waals surface area contributed by atoms with Gasteiger partial charge in [0, 0.05) is 32.2 Å². The third-order valence-electron chi connectivity index (χ3n) is 4.91.